The highest BCUT2D eigenvalue weighted by molar-refractivity contribution is 9.10. The second-order valence-corrected chi connectivity index (χ2v) is 23.3. The minimum Gasteiger partial charge on any atom is -0.443 e. The molecule has 2 aromatic carbocycles. The van der Waals surface area contributed by atoms with Crippen LogP contribution in [0.5, 0.6) is 0 Å². The molecule has 1 heterocycles. The maximum atomic E-state index is 15.5. The number of rotatable bonds is 11. The first-order valence-electron chi connectivity index (χ1n) is 14.7. The fraction of sp³-hybridized carbons (Fsp3) is 0.548. The Hall–Kier alpha value is -1.84. The normalized spacial score (nSPS) is 23.2. The monoisotopic (exact) mass is 746 g/mol. The SMILES string of the molecule is Cc1ccc(S(=O)(=O)OC[C@@]23C[C@H]2[C@@](CF)(c2cc(Br)ccc2F)N=C(N(COCC[Si](C)(C)C)C(=O)OC(C)(C)C)S3)cc1. The van der Waals surface area contributed by atoms with Gasteiger partial charge in [0, 0.05) is 30.6 Å². The molecule has 1 fully saturated rings. The summed E-state index contributed by atoms with van der Waals surface area (Å²) < 4.78 is 74.0. The van der Waals surface area contributed by atoms with E-state index in [9.17, 15) is 13.2 Å². The first-order valence-corrected chi connectivity index (χ1v) is 21.4. The van der Waals surface area contributed by atoms with Crippen LogP contribution in [0.2, 0.25) is 25.7 Å². The smallest absolute Gasteiger partial charge is 0.418 e. The lowest BCUT2D eigenvalue weighted by molar-refractivity contribution is 0.0108. The van der Waals surface area contributed by atoms with Crippen molar-refractivity contribution in [3.05, 3.63) is 63.9 Å². The zero-order chi connectivity index (χ0) is 33.4. The molecule has 3 atom stereocenters. The summed E-state index contributed by atoms with van der Waals surface area (Å²) in [7, 11) is -5.63. The predicted molar refractivity (Wildman–Crippen MR) is 179 cm³/mol. The number of carbonyl (C=O) groups excluding carboxylic acids is 1. The number of benzene rings is 2. The Morgan fingerprint density at radius 1 is 1.18 bits per heavy atom. The third-order valence-electron chi connectivity index (χ3n) is 7.62. The van der Waals surface area contributed by atoms with Crippen molar-refractivity contribution in [1.82, 2.24) is 4.90 Å². The summed E-state index contributed by atoms with van der Waals surface area (Å²) in [6.45, 7) is 12.3. The van der Waals surface area contributed by atoms with Gasteiger partial charge < -0.3 is 9.47 Å². The first-order chi connectivity index (χ1) is 20.8. The highest BCUT2D eigenvalue weighted by atomic mass is 79.9. The molecule has 2 aliphatic rings. The molecule has 14 heteroatoms. The van der Waals surface area contributed by atoms with Crippen LogP contribution in [-0.4, -0.2) is 69.6 Å². The molecule has 1 aliphatic carbocycles. The summed E-state index contributed by atoms with van der Waals surface area (Å²) in [6.07, 6.45) is -0.505. The third kappa shape index (κ3) is 8.55. The quantitative estimate of drug-likeness (QED) is 0.1000. The lowest BCUT2D eigenvalue weighted by atomic mass is 9.85. The molecular formula is C31H41BrF2N2O6S2Si. The van der Waals surface area contributed by atoms with Gasteiger partial charge in [-0.05, 0) is 70.5 Å². The van der Waals surface area contributed by atoms with Crippen molar-refractivity contribution in [2.24, 2.45) is 10.9 Å². The highest BCUT2D eigenvalue weighted by Gasteiger charge is 2.69. The predicted octanol–water partition coefficient (Wildman–Crippen LogP) is 7.88. The van der Waals surface area contributed by atoms with Gasteiger partial charge in [0.25, 0.3) is 10.1 Å². The van der Waals surface area contributed by atoms with Crippen molar-refractivity contribution in [3.8, 4) is 0 Å². The molecule has 0 unspecified atom stereocenters. The fourth-order valence-electron chi connectivity index (χ4n) is 5.02. The highest BCUT2D eigenvalue weighted by Crippen LogP contribution is 2.67. The lowest BCUT2D eigenvalue weighted by Crippen LogP contribution is -2.47. The Bertz CT molecular complexity index is 1550. The molecule has 0 bridgehead atoms. The number of alkyl halides is 1. The van der Waals surface area contributed by atoms with E-state index in [1.54, 1.807) is 32.9 Å². The van der Waals surface area contributed by atoms with E-state index < -0.39 is 58.6 Å². The van der Waals surface area contributed by atoms with E-state index in [1.165, 1.54) is 35.2 Å². The van der Waals surface area contributed by atoms with E-state index in [2.05, 4.69) is 35.6 Å². The van der Waals surface area contributed by atoms with Gasteiger partial charge in [-0.2, -0.15) is 8.42 Å². The van der Waals surface area contributed by atoms with Crippen molar-refractivity contribution in [2.75, 3.05) is 26.6 Å². The average molecular weight is 748 g/mol. The number of thioether (sulfide) groups is 1. The van der Waals surface area contributed by atoms with E-state index in [1.807, 2.05) is 6.92 Å². The van der Waals surface area contributed by atoms with Gasteiger partial charge in [0.1, 0.15) is 30.4 Å². The van der Waals surface area contributed by atoms with E-state index in [-0.39, 0.29) is 35.4 Å². The van der Waals surface area contributed by atoms with E-state index in [4.69, 9.17) is 18.6 Å². The number of halogens is 3. The zero-order valence-electron chi connectivity index (χ0n) is 26.7. The summed E-state index contributed by atoms with van der Waals surface area (Å²) >= 11 is 4.47. The summed E-state index contributed by atoms with van der Waals surface area (Å²) in [5, 5.41) is 0.0411. The van der Waals surface area contributed by atoms with Crippen LogP contribution in [0.4, 0.5) is 13.6 Å². The van der Waals surface area contributed by atoms with Crippen LogP contribution in [0.15, 0.2) is 56.8 Å². The van der Waals surface area contributed by atoms with Gasteiger partial charge in [0.05, 0.1) is 16.2 Å². The van der Waals surface area contributed by atoms with Crippen molar-refractivity contribution >= 4 is 57.1 Å². The molecule has 1 aliphatic heterocycles. The summed E-state index contributed by atoms with van der Waals surface area (Å²) in [5.41, 5.74) is -1.75. The number of ether oxygens (including phenoxy) is 2. The molecule has 0 saturated heterocycles. The van der Waals surface area contributed by atoms with Crippen LogP contribution in [0.25, 0.3) is 0 Å². The topological polar surface area (TPSA) is 94.5 Å². The largest absolute Gasteiger partial charge is 0.443 e. The lowest BCUT2D eigenvalue weighted by Gasteiger charge is -2.38. The molecule has 0 N–H and O–H groups in total. The molecule has 45 heavy (non-hydrogen) atoms. The van der Waals surface area contributed by atoms with Crippen LogP contribution in [0, 0.1) is 18.7 Å². The second kappa shape index (κ2) is 13.3. The van der Waals surface area contributed by atoms with Crippen LogP contribution in [-0.2, 0) is 29.3 Å². The van der Waals surface area contributed by atoms with Crippen molar-refractivity contribution in [3.63, 3.8) is 0 Å². The minimum atomic E-state index is -4.18. The number of aryl methyl sites for hydroxylation is 1. The number of nitrogens with zero attached hydrogens (tertiary/aromatic N) is 2. The van der Waals surface area contributed by atoms with Crippen LogP contribution in [0.3, 0.4) is 0 Å². The van der Waals surface area contributed by atoms with Gasteiger partial charge in [-0.3, -0.25) is 4.18 Å². The van der Waals surface area contributed by atoms with Gasteiger partial charge >= 0.3 is 6.09 Å². The molecule has 0 spiro atoms. The van der Waals surface area contributed by atoms with E-state index >= 15 is 8.78 Å². The number of carbonyl (C=O) groups is 1. The Morgan fingerprint density at radius 2 is 1.84 bits per heavy atom. The second-order valence-electron chi connectivity index (χ2n) is 13.8. The Kier molecular flexibility index (Phi) is 10.7. The number of aliphatic imine (C=N–C) groups is 1. The van der Waals surface area contributed by atoms with Gasteiger partial charge in [-0.1, -0.05) is 65.0 Å². The van der Waals surface area contributed by atoms with Crippen molar-refractivity contribution < 1.29 is 35.6 Å². The maximum absolute atomic E-state index is 15.5. The van der Waals surface area contributed by atoms with E-state index in [0.29, 0.717) is 11.1 Å². The third-order valence-corrected chi connectivity index (χ3v) is 12.6. The van der Waals surface area contributed by atoms with Crippen LogP contribution in [0.1, 0.15) is 38.3 Å². The zero-order valence-corrected chi connectivity index (χ0v) is 30.9. The molecule has 0 radical (unpaired) electrons. The number of amides is 1. The minimum absolute atomic E-state index is 0.00534. The van der Waals surface area contributed by atoms with Gasteiger partial charge in [0.2, 0.25) is 0 Å². The van der Waals surface area contributed by atoms with Crippen molar-refractivity contribution in [1.29, 1.82) is 0 Å². The Morgan fingerprint density at radius 3 is 2.44 bits per heavy atom. The summed E-state index contributed by atoms with van der Waals surface area (Å²) in [5.74, 6) is -1.30. The van der Waals surface area contributed by atoms with Gasteiger partial charge in [-0.15, -0.1) is 0 Å². The van der Waals surface area contributed by atoms with Crippen molar-refractivity contribution in [2.45, 2.75) is 80.6 Å². The van der Waals surface area contributed by atoms with E-state index in [0.717, 1.165) is 23.4 Å². The Balaban J connectivity index is 1.76. The van der Waals surface area contributed by atoms with Crippen LogP contribution < -0.4 is 0 Å². The average Bonchev–Trinajstić information content (AvgIpc) is 3.67. The van der Waals surface area contributed by atoms with Gasteiger partial charge in [-0.25, -0.2) is 23.5 Å². The number of hydrogen-bond acceptors (Lipinski definition) is 8. The van der Waals surface area contributed by atoms with Gasteiger partial charge in [0.15, 0.2) is 5.17 Å². The maximum Gasteiger partial charge on any atom is 0.418 e. The molecule has 0 aromatic heterocycles. The fourth-order valence-corrected chi connectivity index (χ4v) is 8.70. The molecule has 1 amide bonds. The summed E-state index contributed by atoms with van der Waals surface area (Å²) in [6, 6.07) is 11.3. The first kappa shape index (κ1) is 36.0. The van der Waals surface area contributed by atoms with Crippen LogP contribution >= 0.6 is 27.7 Å². The summed E-state index contributed by atoms with van der Waals surface area (Å²) in [4.78, 5) is 19.5. The molecule has 2 aromatic rings. The molecule has 4 rings (SSSR count). The molecular weight excluding hydrogens is 706 g/mol. The molecule has 8 nitrogen and oxygen atoms in total. The number of amidine groups is 1. The Labute approximate surface area is 278 Å². The number of hydrogen-bond donors (Lipinski definition) is 0. The molecule has 1 saturated carbocycles. The standard InChI is InChI=1S/C31H41BrF2N2O6S2Si/c1-21-8-11-23(12-9-21)44(38,39)41-19-30-17-26(30)31(18-33,24-16-22(32)10-13-25(24)34)35-27(43-30)36(28(37)42-29(2,3)4)20-40-14-15-45(5,6)7/h8-13,16,26H,14-15,17-20H2,1-7H3/t26-,30+,31-/m1/s1. The molecule has 248 valence electrons. The number of fused-ring (bicyclic) bond motifs is 1.